The molecule has 0 radical (unpaired) electrons. The van der Waals surface area contributed by atoms with Crippen LogP contribution >= 0.6 is 15.9 Å². The van der Waals surface area contributed by atoms with E-state index in [2.05, 4.69) is 26.0 Å². The fourth-order valence-corrected chi connectivity index (χ4v) is 0.589. The van der Waals surface area contributed by atoms with E-state index in [-0.39, 0.29) is 0 Å². The first-order valence-electron chi connectivity index (χ1n) is 2.95. The number of ether oxygens (including phenoxy) is 1. The van der Waals surface area contributed by atoms with Gasteiger partial charge in [-0.05, 0) is 22.0 Å². The minimum Gasteiger partial charge on any atom is -0.383 e. The lowest BCUT2D eigenvalue weighted by molar-refractivity contribution is -0.0702. The SMILES string of the molecule is CN/C(Br)=C\CC(O)OC. The van der Waals surface area contributed by atoms with Crippen molar-refractivity contribution in [3.05, 3.63) is 10.7 Å². The van der Waals surface area contributed by atoms with Crippen LogP contribution in [0.2, 0.25) is 0 Å². The maximum Gasteiger partial charge on any atom is 0.157 e. The Morgan fingerprint density at radius 2 is 2.50 bits per heavy atom. The third-order valence-electron chi connectivity index (χ3n) is 1.01. The maximum atomic E-state index is 8.89. The van der Waals surface area contributed by atoms with Gasteiger partial charge in [0.05, 0.1) is 4.61 Å². The summed E-state index contributed by atoms with van der Waals surface area (Å²) in [4.78, 5) is 0. The number of hydrogen-bond acceptors (Lipinski definition) is 3. The molecule has 0 bridgehead atoms. The van der Waals surface area contributed by atoms with Crippen molar-refractivity contribution >= 4 is 15.9 Å². The highest BCUT2D eigenvalue weighted by atomic mass is 79.9. The summed E-state index contributed by atoms with van der Waals surface area (Å²) in [7, 11) is 3.26. The molecule has 4 heteroatoms. The zero-order valence-electron chi connectivity index (χ0n) is 6.10. The average molecular weight is 210 g/mol. The molecule has 0 aliphatic rings. The number of methoxy groups -OCH3 is 1. The van der Waals surface area contributed by atoms with E-state index in [1.165, 1.54) is 7.11 Å². The molecule has 0 aromatic carbocycles. The van der Waals surface area contributed by atoms with Crippen molar-refractivity contribution in [2.24, 2.45) is 0 Å². The zero-order valence-corrected chi connectivity index (χ0v) is 7.68. The quantitative estimate of drug-likeness (QED) is 0.532. The van der Waals surface area contributed by atoms with E-state index in [0.29, 0.717) is 6.42 Å². The van der Waals surface area contributed by atoms with Gasteiger partial charge in [0.2, 0.25) is 0 Å². The van der Waals surface area contributed by atoms with E-state index in [1.54, 1.807) is 13.1 Å². The lowest BCUT2D eigenvalue weighted by Gasteiger charge is -2.04. The van der Waals surface area contributed by atoms with Gasteiger partial charge in [-0.3, -0.25) is 0 Å². The van der Waals surface area contributed by atoms with Crippen LogP contribution in [0.4, 0.5) is 0 Å². The second-order valence-corrected chi connectivity index (χ2v) is 2.58. The van der Waals surface area contributed by atoms with Gasteiger partial charge in [-0.1, -0.05) is 0 Å². The Labute approximate surface area is 69.2 Å². The Morgan fingerprint density at radius 1 is 1.90 bits per heavy atom. The van der Waals surface area contributed by atoms with E-state index in [4.69, 9.17) is 5.11 Å². The van der Waals surface area contributed by atoms with Crippen molar-refractivity contribution < 1.29 is 9.84 Å². The van der Waals surface area contributed by atoms with Crippen LogP contribution in [0, 0.1) is 0 Å². The van der Waals surface area contributed by atoms with Gasteiger partial charge in [0.25, 0.3) is 0 Å². The molecule has 0 amide bonds. The van der Waals surface area contributed by atoms with E-state index >= 15 is 0 Å². The highest BCUT2D eigenvalue weighted by Crippen LogP contribution is 2.02. The van der Waals surface area contributed by atoms with Gasteiger partial charge < -0.3 is 15.2 Å². The van der Waals surface area contributed by atoms with Crippen LogP contribution in [0.1, 0.15) is 6.42 Å². The molecule has 1 atom stereocenters. The standard InChI is InChI=1S/C6H12BrNO2/c1-8-5(7)3-4-6(9)10-2/h3,6,8-9H,4H2,1-2H3/b5-3-. The summed E-state index contributed by atoms with van der Waals surface area (Å²) in [5.41, 5.74) is 0. The molecule has 0 heterocycles. The fraction of sp³-hybridized carbons (Fsp3) is 0.667. The molecule has 10 heavy (non-hydrogen) atoms. The van der Waals surface area contributed by atoms with Gasteiger partial charge >= 0.3 is 0 Å². The first kappa shape index (κ1) is 9.94. The molecule has 0 rings (SSSR count). The maximum absolute atomic E-state index is 8.89. The zero-order chi connectivity index (χ0) is 7.98. The van der Waals surface area contributed by atoms with Gasteiger partial charge in [0.15, 0.2) is 6.29 Å². The fourth-order valence-electron chi connectivity index (χ4n) is 0.403. The smallest absolute Gasteiger partial charge is 0.157 e. The summed E-state index contributed by atoms with van der Waals surface area (Å²) in [5, 5.41) is 11.7. The molecule has 0 saturated carbocycles. The van der Waals surface area contributed by atoms with Gasteiger partial charge in [-0.2, -0.15) is 0 Å². The lowest BCUT2D eigenvalue weighted by atomic mass is 10.4. The first-order valence-corrected chi connectivity index (χ1v) is 3.74. The molecule has 0 fully saturated rings. The monoisotopic (exact) mass is 209 g/mol. The second kappa shape index (κ2) is 5.70. The van der Waals surface area contributed by atoms with Crippen LogP contribution in [-0.2, 0) is 4.74 Å². The van der Waals surface area contributed by atoms with E-state index in [0.717, 1.165) is 4.61 Å². The summed E-state index contributed by atoms with van der Waals surface area (Å²) in [6, 6.07) is 0. The van der Waals surface area contributed by atoms with Crippen LogP contribution in [0.15, 0.2) is 10.7 Å². The summed E-state index contributed by atoms with van der Waals surface area (Å²) < 4.78 is 5.46. The molecule has 0 aliphatic heterocycles. The summed E-state index contributed by atoms with van der Waals surface area (Å²) in [5.74, 6) is 0. The van der Waals surface area contributed by atoms with E-state index in [1.807, 2.05) is 0 Å². The molecule has 1 unspecified atom stereocenters. The molecule has 3 nitrogen and oxygen atoms in total. The van der Waals surface area contributed by atoms with E-state index < -0.39 is 6.29 Å². The summed E-state index contributed by atoms with van der Waals surface area (Å²) >= 11 is 3.22. The Bertz CT molecular complexity index is 116. The van der Waals surface area contributed by atoms with Crippen LogP contribution < -0.4 is 5.32 Å². The van der Waals surface area contributed by atoms with Crippen molar-refractivity contribution in [2.75, 3.05) is 14.2 Å². The van der Waals surface area contributed by atoms with Crippen molar-refractivity contribution in [2.45, 2.75) is 12.7 Å². The van der Waals surface area contributed by atoms with Crippen LogP contribution in [0.3, 0.4) is 0 Å². The van der Waals surface area contributed by atoms with Crippen LogP contribution in [-0.4, -0.2) is 25.6 Å². The Kier molecular flexibility index (Phi) is 5.67. The summed E-state index contributed by atoms with van der Waals surface area (Å²) in [6.45, 7) is 0. The minimum absolute atomic E-state index is 0.484. The molecular formula is C6H12BrNO2. The lowest BCUT2D eigenvalue weighted by Crippen LogP contribution is -2.08. The minimum atomic E-state index is -0.708. The number of hydrogen-bond donors (Lipinski definition) is 2. The molecule has 2 N–H and O–H groups in total. The number of aliphatic hydroxyl groups excluding tert-OH is 1. The predicted molar refractivity (Wildman–Crippen MR) is 43.7 cm³/mol. The molecule has 0 aliphatic carbocycles. The molecule has 0 saturated heterocycles. The Hall–Kier alpha value is -0.0600. The van der Waals surface area contributed by atoms with Gasteiger partial charge in [0.1, 0.15) is 0 Å². The van der Waals surface area contributed by atoms with Crippen LogP contribution in [0.25, 0.3) is 0 Å². The van der Waals surface area contributed by atoms with Gasteiger partial charge in [0, 0.05) is 20.6 Å². The molecule has 0 aromatic heterocycles. The van der Waals surface area contributed by atoms with Crippen molar-refractivity contribution in [1.29, 1.82) is 0 Å². The topological polar surface area (TPSA) is 41.5 Å². The van der Waals surface area contributed by atoms with Crippen molar-refractivity contribution in [1.82, 2.24) is 5.32 Å². The van der Waals surface area contributed by atoms with Crippen LogP contribution in [0.5, 0.6) is 0 Å². The third kappa shape index (κ3) is 4.78. The normalized spacial score (nSPS) is 15.0. The average Bonchev–Trinajstić information content (AvgIpc) is 1.99. The molecular weight excluding hydrogens is 198 g/mol. The van der Waals surface area contributed by atoms with Crippen molar-refractivity contribution in [3.8, 4) is 0 Å². The summed E-state index contributed by atoms with van der Waals surface area (Å²) in [6.07, 6.45) is 1.58. The molecule has 60 valence electrons. The predicted octanol–water partition coefficient (Wildman–Crippen LogP) is 0.797. The highest BCUT2D eigenvalue weighted by Gasteiger charge is 1.96. The number of rotatable bonds is 4. The van der Waals surface area contributed by atoms with Crippen molar-refractivity contribution in [3.63, 3.8) is 0 Å². The number of halogens is 1. The molecule has 0 spiro atoms. The number of aliphatic hydroxyl groups is 1. The third-order valence-corrected chi connectivity index (χ3v) is 1.73. The molecule has 0 aromatic rings. The van der Waals surface area contributed by atoms with Gasteiger partial charge in [-0.25, -0.2) is 0 Å². The second-order valence-electron chi connectivity index (χ2n) is 1.73. The Morgan fingerprint density at radius 3 is 2.90 bits per heavy atom. The van der Waals surface area contributed by atoms with Gasteiger partial charge in [-0.15, -0.1) is 0 Å². The number of nitrogens with one attached hydrogen (secondary N) is 1. The van der Waals surface area contributed by atoms with E-state index in [9.17, 15) is 0 Å². The first-order chi connectivity index (χ1) is 4.70. The Balaban J connectivity index is 3.50. The highest BCUT2D eigenvalue weighted by molar-refractivity contribution is 9.11. The largest absolute Gasteiger partial charge is 0.383 e.